The highest BCUT2D eigenvalue weighted by molar-refractivity contribution is 5.84. The first kappa shape index (κ1) is 21.7. The molecule has 0 saturated heterocycles. The lowest BCUT2D eigenvalue weighted by atomic mass is 10.0. The fourth-order valence-corrected chi connectivity index (χ4v) is 3.31. The summed E-state index contributed by atoms with van der Waals surface area (Å²) < 4.78 is 103. The molecule has 0 fully saturated rings. The van der Waals surface area contributed by atoms with Gasteiger partial charge < -0.3 is 4.74 Å². The van der Waals surface area contributed by atoms with Crippen LogP contribution in [0.5, 0.6) is 5.75 Å². The van der Waals surface area contributed by atoms with E-state index in [9.17, 15) is 30.7 Å². The number of hydrogen-bond donors (Lipinski definition) is 0. The smallest absolute Gasteiger partial charge is 0.429 e. The molecule has 1 nitrogen and oxygen atoms in total. The Kier molecular flexibility index (Phi) is 5.32. The number of alkyl halides is 2. The second-order valence-corrected chi connectivity index (χ2v) is 7.17. The van der Waals surface area contributed by atoms with Gasteiger partial charge in [0.05, 0.1) is 0 Å². The van der Waals surface area contributed by atoms with Crippen LogP contribution in [0.15, 0.2) is 60.7 Å². The maximum Gasteiger partial charge on any atom is 0.432 e. The maximum absolute atomic E-state index is 14.7. The standard InChI is InChI=1S/C24H13F7O/c1-12-2-4-13(5-3-12)14-9-18(25)21(19(26)10-14)24(30,31)32-16-6-7-17-15(8-16)11-20(27)23(29)22(17)28/h2-11H,1H3. The number of halogens is 7. The van der Waals surface area contributed by atoms with E-state index in [2.05, 4.69) is 4.74 Å². The van der Waals surface area contributed by atoms with Crippen molar-refractivity contribution < 1.29 is 35.5 Å². The first-order valence-electron chi connectivity index (χ1n) is 9.27. The molecule has 0 heterocycles. The molecule has 164 valence electrons. The van der Waals surface area contributed by atoms with Crippen molar-refractivity contribution in [3.63, 3.8) is 0 Å². The largest absolute Gasteiger partial charge is 0.432 e. The Balaban J connectivity index is 1.70. The fraction of sp³-hybridized carbons (Fsp3) is 0.0833. The normalized spacial score (nSPS) is 11.8. The predicted octanol–water partition coefficient (Wildman–Crippen LogP) is 7.64. The molecule has 0 saturated carbocycles. The molecule has 0 N–H and O–H groups in total. The Labute approximate surface area is 177 Å². The zero-order chi connectivity index (χ0) is 23.2. The van der Waals surface area contributed by atoms with Crippen LogP contribution in [0.4, 0.5) is 30.7 Å². The molecule has 0 bridgehead atoms. The van der Waals surface area contributed by atoms with Gasteiger partial charge in [0.15, 0.2) is 17.5 Å². The third-order valence-corrected chi connectivity index (χ3v) is 4.91. The molecule has 0 spiro atoms. The van der Waals surface area contributed by atoms with E-state index >= 15 is 0 Å². The molecule has 0 aliphatic rings. The average molecular weight is 450 g/mol. The van der Waals surface area contributed by atoms with Crippen LogP contribution in [0.3, 0.4) is 0 Å². The molecular formula is C24H13F7O. The van der Waals surface area contributed by atoms with Gasteiger partial charge in [-0.25, -0.2) is 22.0 Å². The summed E-state index contributed by atoms with van der Waals surface area (Å²) in [7, 11) is 0. The molecular weight excluding hydrogens is 437 g/mol. The van der Waals surface area contributed by atoms with Gasteiger partial charge in [-0.1, -0.05) is 29.8 Å². The summed E-state index contributed by atoms with van der Waals surface area (Å²) in [6.07, 6.45) is -4.45. The van der Waals surface area contributed by atoms with Crippen LogP contribution in [-0.4, -0.2) is 0 Å². The van der Waals surface area contributed by atoms with Crippen molar-refractivity contribution in [3.05, 3.63) is 101 Å². The molecule has 0 aliphatic carbocycles. The molecule has 4 aromatic carbocycles. The van der Waals surface area contributed by atoms with Gasteiger partial charge in [-0.15, -0.1) is 0 Å². The SMILES string of the molecule is Cc1ccc(-c2cc(F)c(C(F)(F)Oc3ccc4c(F)c(F)c(F)cc4c3)c(F)c2)cc1. The van der Waals surface area contributed by atoms with Crippen LogP contribution in [0.2, 0.25) is 0 Å². The van der Waals surface area contributed by atoms with Crippen molar-refractivity contribution in [2.24, 2.45) is 0 Å². The van der Waals surface area contributed by atoms with Crippen molar-refractivity contribution in [3.8, 4) is 16.9 Å². The molecule has 0 unspecified atom stereocenters. The molecule has 0 aromatic heterocycles. The number of aryl methyl sites for hydroxylation is 1. The van der Waals surface area contributed by atoms with E-state index in [1.807, 2.05) is 6.92 Å². The lowest BCUT2D eigenvalue weighted by Gasteiger charge is -2.20. The van der Waals surface area contributed by atoms with Crippen LogP contribution >= 0.6 is 0 Å². The lowest BCUT2D eigenvalue weighted by molar-refractivity contribution is -0.189. The monoisotopic (exact) mass is 450 g/mol. The third-order valence-electron chi connectivity index (χ3n) is 4.91. The lowest BCUT2D eigenvalue weighted by Crippen LogP contribution is -2.25. The molecule has 8 heteroatoms. The molecule has 32 heavy (non-hydrogen) atoms. The first-order valence-corrected chi connectivity index (χ1v) is 9.27. The summed E-state index contributed by atoms with van der Waals surface area (Å²) in [6, 6.07) is 11.3. The van der Waals surface area contributed by atoms with Gasteiger partial charge in [0, 0.05) is 5.39 Å². The minimum Gasteiger partial charge on any atom is -0.429 e. The van der Waals surface area contributed by atoms with Gasteiger partial charge in [0.1, 0.15) is 22.9 Å². The zero-order valence-electron chi connectivity index (χ0n) is 16.3. The molecule has 4 rings (SSSR count). The number of ether oxygens (including phenoxy) is 1. The summed E-state index contributed by atoms with van der Waals surface area (Å²) in [6.45, 7) is 1.82. The fourth-order valence-electron chi connectivity index (χ4n) is 3.31. The van der Waals surface area contributed by atoms with Gasteiger partial charge in [-0.2, -0.15) is 8.78 Å². The van der Waals surface area contributed by atoms with Crippen molar-refractivity contribution in [1.82, 2.24) is 0 Å². The van der Waals surface area contributed by atoms with Crippen molar-refractivity contribution in [2.75, 3.05) is 0 Å². The Morgan fingerprint density at radius 2 is 1.28 bits per heavy atom. The van der Waals surface area contributed by atoms with Gasteiger partial charge >= 0.3 is 6.11 Å². The number of rotatable bonds is 4. The van der Waals surface area contributed by atoms with Crippen LogP contribution in [0.1, 0.15) is 11.1 Å². The average Bonchev–Trinajstić information content (AvgIpc) is 2.71. The number of benzene rings is 4. The van der Waals surface area contributed by atoms with E-state index < -0.39 is 46.5 Å². The minimum absolute atomic E-state index is 0.0539. The quantitative estimate of drug-likeness (QED) is 0.229. The van der Waals surface area contributed by atoms with Gasteiger partial charge in [-0.3, -0.25) is 0 Å². The summed E-state index contributed by atoms with van der Waals surface area (Å²) in [5.41, 5.74) is -0.234. The highest BCUT2D eigenvalue weighted by atomic mass is 19.3. The van der Waals surface area contributed by atoms with E-state index in [0.29, 0.717) is 11.6 Å². The van der Waals surface area contributed by atoms with Gasteiger partial charge in [-0.05, 0) is 59.8 Å². The second kappa shape index (κ2) is 7.85. The van der Waals surface area contributed by atoms with Crippen molar-refractivity contribution >= 4 is 10.8 Å². The van der Waals surface area contributed by atoms with Gasteiger partial charge in [0.25, 0.3) is 0 Å². The summed E-state index contributed by atoms with van der Waals surface area (Å²) in [5.74, 6) is -8.44. The van der Waals surface area contributed by atoms with E-state index in [1.54, 1.807) is 24.3 Å². The summed E-state index contributed by atoms with van der Waals surface area (Å²) >= 11 is 0. The molecule has 0 amide bonds. The summed E-state index contributed by atoms with van der Waals surface area (Å²) in [4.78, 5) is 0. The highest BCUT2D eigenvalue weighted by Crippen LogP contribution is 2.38. The molecule has 0 aliphatic heterocycles. The van der Waals surface area contributed by atoms with Crippen LogP contribution in [0.25, 0.3) is 21.9 Å². The summed E-state index contributed by atoms with van der Waals surface area (Å²) in [5, 5.41) is -0.648. The maximum atomic E-state index is 14.7. The molecule has 0 atom stereocenters. The van der Waals surface area contributed by atoms with E-state index in [-0.39, 0.29) is 16.3 Å². The first-order chi connectivity index (χ1) is 15.1. The Morgan fingerprint density at radius 1 is 0.656 bits per heavy atom. The third kappa shape index (κ3) is 3.88. The van der Waals surface area contributed by atoms with Crippen LogP contribution in [-0.2, 0) is 6.11 Å². The van der Waals surface area contributed by atoms with E-state index in [1.165, 1.54) is 0 Å². The van der Waals surface area contributed by atoms with E-state index in [0.717, 1.165) is 35.9 Å². The molecule has 4 aromatic rings. The van der Waals surface area contributed by atoms with Crippen molar-refractivity contribution in [1.29, 1.82) is 0 Å². The van der Waals surface area contributed by atoms with E-state index in [4.69, 9.17) is 0 Å². The predicted molar refractivity (Wildman–Crippen MR) is 105 cm³/mol. The van der Waals surface area contributed by atoms with Crippen molar-refractivity contribution in [2.45, 2.75) is 13.0 Å². The van der Waals surface area contributed by atoms with Crippen LogP contribution < -0.4 is 4.74 Å². The van der Waals surface area contributed by atoms with Gasteiger partial charge in [0.2, 0.25) is 0 Å². The highest BCUT2D eigenvalue weighted by Gasteiger charge is 2.41. The Hall–Kier alpha value is -3.55. The minimum atomic E-state index is -4.45. The number of fused-ring (bicyclic) bond motifs is 1. The Bertz CT molecular complexity index is 1310. The topological polar surface area (TPSA) is 9.23 Å². The second-order valence-electron chi connectivity index (χ2n) is 7.17. The zero-order valence-corrected chi connectivity index (χ0v) is 16.3. The number of hydrogen-bond acceptors (Lipinski definition) is 1. The molecule has 0 radical (unpaired) electrons. The Morgan fingerprint density at radius 3 is 1.91 bits per heavy atom. The van der Waals surface area contributed by atoms with Crippen LogP contribution in [0, 0.1) is 36.0 Å².